The molecule has 5 heteroatoms. The first kappa shape index (κ1) is 14.4. The fraction of sp³-hybridized carbons (Fsp3) is 0.562. The summed E-state index contributed by atoms with van der Waals surface area (Å²) in [5.41, 5.74) is 3.40. The fourth-order valence-electron chi connectivity index (χ4n) is 3.02. The molecule has 2 heterocycles. The molecule has 1 saturated heterocycles. The Balaban J connectivity index is 1.87. The molecule has 0 bridgehead atoms. The van der Waals surface area contributed by atoms with Crippen LogP contribution in [0.5, 0.6) is 0 Å². The number of morpholine rings is 1. The van der Waals surface area contributed by atoms with Crippen molar-refractivity contribution in [2.75, 3.05) is 49.3 Å². The van der Waals surface area contributed by atoms with Gasteiger partial charge in [0.05, 0.1) is 13.2 Å². The number of aliphatic hydroxyl groups excluding tert-OH is 1. The number of benzene rings is 1. The summed E-state index contributed by atoms with van der Waals surface area (Å²) < 4.78 is 5.39. The Labute approximate surface area is 125 Å². The van der Waals surface area contributed by atoms with Gasteiger partial charge in [0.15, 0.2) is 0 Å². The van der Waals surface area contributed by atoms with E-state index < -0.39 is 0 Å². The van der Waals surface area contributed by atoms with Crippen LogP contribution in [0.15, 0.2) is 18.2 Å². The summed E-state index contributed by atoms with van der Waals surface area (Å²) in [6, 6.07) is 6.40. The number of hydrogen-bond acceptors (Lipinski definition) is 4. The van der Waals surface area contributed by atoms with Gasteiger partial charge >= 0.3 is 0 Å². The first-order valence-electron chi connectivity index (χ1n) is 7.66. The van der Waals surface area contributed by atoms with Crippen LogP contribution in [0.1, 0.15) is 18.4 Å². The van der Waals surface area contributed by atoms with E-state index >= 15 is 0 Å². The van der Waals surface area contributed by atoms with E-state index in [1.807, 2.05) is 4.90 Å². The predicted octanol–water partition coefficient (Wildman–Crippen LogP) is 1.18. The maximum atomic E-state index is 12.2. The van der Waals surface area contributed by atoms with E-state index in [-0.39, 0.29) is 12.5 Å². The zero-order valence-electron chi connectivity index (χ0n) is 12.3. The van der Waals surface area contributed by atoms with Gasteiger partial charge in [-0.05, 0) is 30.5 Å². The fourth-order valence-corrected chi connectivity index (χ4v) is 3.02. The highest BCUT2D eigenvalue weighted by molar-refractivity contribution is 5.97. The lowest BCUT2D eigenvalue weighted by atomic mass is 10.00. The summed E-state index contributed by atoms with van der Waals surface area (Å²) in [6.07, 6.45) is 2.00. The summed E-state index contributed by atoms with van der Waals surface area (Å²) in [7, 11) is 0. The van der Waals surface area contributed by atoms with E-state index in [1.54, 1.807) is 0 Å². The Bertz CT molecular complexity index is 512. The average molecular weight is 290 g/mol. The number of anilines is 2. The summed E-state index contributed by atoms with van der Waals surface area (Å²) in [6.45, 7) is 4.00. The van der Waals surface area contributed by atoms with E-state index in [9.17, 15) is 4.79 Å². The van der Waals surface area contributed by atoms with Gasteiger partial charge in [-0.2, -0.15) is 0 Å². The van der Waals surface area contributed by atoms with Crippen LogP contribution >= 0.6 is 0 Å². The van der Waals surface area contributed by atoms with E-state index in [0.29, 0.717) is 19.4 Å². The zero-order chi connectivity index (χ0) is 14.7. The maximum absolute atomic E-state index is 12.2. The van der Waals surface area contributed by atoms with Crippen LogP contribution in [0.4, 0.5) is 11.4 Å². The SMILES string of the molecule is O=C1CCc2ccc(N3CCOCC3)cc2N1CCCO. The predicted molar refractivity (Wildman–Crippen MR) is 81.9 cm³/mol. The number of aryl methyl sites for hydroxylation is 1. The number of carbonyl (C=O) groups excluding carboxylic acids is 1. The second-order valence-electron chi connectivity index (χ2n) is 5.53. The number of fused-ring (bicyclic) bond motifs is 1. The van der Waals surface area contributed by atoms with Gasteiger partial charge in [-0.3, -0.25) is 4.79 Å². The number of rotatable bonds is 4. The minimum absolute atomic E-state index is 0.113. The molecule has 2 aliphatic rings. The number of ether oxygens (including phenoxy) is 1. The molecule has 0 spiro atoms. The monoisotopic (exact) mass is 290 g/mol. The average Bonchev–Trinajstić information content (AvgIpc) is 2.54. The van der Waals surface area contributed by atoms with Crippen molar-refractivity contribution in [1.82, 2.24) is 0 Å². The van der Waals surface area contributed by atoms with Gasteiger partial charge in [-0.25, -0.2) is 0 Å². The number of hydrogen-bond donors (Lipinski definition) is 1. The Hall–Kier alpha value is -1.59. The third-order valence-corrected chi connectivity index (χ3v) is 4.19. The number of carbonyl (C=O) groups is 1. The molecular formula is C16H22N2O3. The van der Waals surface area contributed by atoms with Crippen LogP contribution in [-0.2, 0) is 16.0 Å². The minimum atomic E-state index is 0.113. The van der Waals surface area contributed by atoms with E-state index in [0.717, 1.165) is 44.1 Å². The van der Waals surface area contributed by atoms with Crippen LogP contribution in [0.25, 0.3) is 0 Å². The molecule has 1 aromatic carbocycles. The second kappa shape index (κ2) is 6.45. The Kier molecular flexibility index (Phi) is 4.41. The van der Waals surface area contributed by atoms with Crippen molar-refractivity contribution >= 4 is 17.3 Å². The lowest BCUT2D eigenvalue weighted by Gasteiger charge is -2.33. The van der Waals surface area contributed by atoms with Gasteiger partial charge in [-0.15, -0.1) is 0 Å². The third-order valence-electron chi connectivity index (χ3n) is 4.19. The maximum Gasteiger partial charge on any atom is 0.227 e. The molecule has 1 fully saturated rings. The molecule has 5 nitrogen and oxygen atoms in total. The Morgan fingerprint density at radius 3 is 2.76 bits per heavy atom. The number of nitrogens with zero attached hydrogens (tertiary/aromatic N) is 2. The van der Waals surface area contributed by atoms with Crippen LogP contribution in [0, 0.1) is 0 Å². The normalized spacial score (nSPS) is 18.8. The molecule has 1 aromatic rings. The summed E-state index contributed by atoms with van der Waals surface area (Å²) in [4.78, 5) is 16.3. The molecule has 0 aliphatic carbocycles. The van der Waals surface area contributed by atoms with Crippen LogP contribution in [0.3, 0.4) is 0 Å². The first-order valence-corrected chi connectivity index (χ1v) is 7.66. The van der Waals surface area contributed by atoms with Gasteiger partial charge < -0.3 is 19.6 Å². The van der Waals surface area contributed by atoms with Crippen LogP contribution in [0.2, 0.25) is 0 Å². The molecule has 114 valence electrons. The molecule has 0 saturated carbocycles. The van der Waals surface area contributed by atoms with Crippen molar-refractivity contribution in [2.45, 2.75) is 19.3 Å². The van der Waals surface area contributed by atoms with Gasteiger partial charge in [0, 0.05) is 44.0 Å². The highest BCUT2D eigenvalue weighted by atomic mass is 16.5. The van der Waals surface area contributed by atoms with Gasteiger partial charge in [-0.1, -0.05) is 6.07 Å². The third kappa shape index (κ3) is 3.04. The Morgan fingerprint density at radius 2 is 2.00 bits per heavy atom. The van der Waals surface area contributed by atoms with Gasteiger partial charge in [0.1, 0.15) is 0 Å². The van der Waals surface area contributed by atoms with E-state index in [1.165, 1.54) is 5.56 Å². The molecule has 1 N–H and O–H groups in total. The summed E-state index contributed by atoms with van der Waals surface area (Å²) in [5, 5.41) is 9.03. The highest BCUT2D eigenvalue weighted by Crippen LogP contribution is 2.32. The van der Waals surface area contributed by atoms with Crippen LogP contribution < -0.4 is 9.80 Å². The molecule has 0 unspecified atom stereocenters. The Morgan fingerprint density at radius 1 is 1.19 bits per heavy atom. The zero-order valence-corrected chi connectivity index (χ0v) is 12.3. The minimum Gasteiger partial charge on any atom is -0.396 e. The smallest absolute Gasteiger partial charge is 0.227 e. The van der Waals surface area contributed by atoms with Crippen molar-refractivity contribution in [3.8, 4) is 0 Å². The summed E-state index contributed by atoms with van der Waals surface area (Å²) in [5.74, 6) is 0.162. The number of amides is 1. The standard InChI is InChI=1S/C16H22N2O3/c19-9-1-6-18-15-12-14(17-7-10-21-11-8-17)4-2-13(15)3-5-16(18)20/h2,4,12,19H,1,3,5-11H2. The van der Waals surface area contributed by atoms with Crippen molar-refractivity contribution in [2.24, 2.45) is 0 Å². The lowest BCUT2D eigenvalue weighted by molar-refractivity contribution is -0.118. The molecular weight excluding hydrogens is 268 g/mol. The molecule has 21 heavy (non-hydrogen) atoms. The summed E-state index contributed by atoms with van der Waals surface area (Å²) >= 11 is 0. The van der Waals surface area contributed by atoms with Crippen molar-refractivity contribution < 1.29 is 14.6 Å². The van der Waals surface area contributed by atoms with E-state index in [4.69, 9.17) is 9.84 Å². The number of aliphatic hydroxyl groups is 1. The topological polar surface area (TPSA) is 53.0 Å². The van der Waals surface area contributed by atoms with Gasteiger partial charge in [0.25, 0.3) is 0 Å². The molecule has 0 radical (unpaired) electrons. The van der Waals surface area contributed by atoms with Gasteiger partial charge in [0.2, 0.25) is 5.91 Å². The highest BCUT2D eigenvalue weighted by Gasteiger charge is 2.24. The second-order valence-corrected chi connectivity index (χ2v) is 5.53. The van der Waals surface area contributed by atoms with Crippen molar-refractivity contribution in [3.63, 3.8) is 0 Å². The van der Waals surface area contributed by atoms with E-state index in [2.05, 4.69) is 23.1 Å². The molecule has 2 aliphatic heterocycles. The quantitative estimate of drug-likeness (QED) is 0.905. The molecule has 1 amide bonds. The first-order chi connectivity index (χ1) is 10.3. The van der Waals surface area contributed by atoms with Crippen molar-refractivity contribution in [1.29, 1.82) is 0 Å². The molecule has 0 aromatic heterocycles. The van der Waals surface area contributed by atoms with Crippen LogP contribution in [-0.4, -0.2) is 50.5 Å². The largest absolute Gasteiger partial charge is 0.396 e. The molecule has 0 atom stereocenters. The lowest BCUT2D eigenvalue weighted by Crippen LogP contribution is -2.38. The molecule has 3 rings (SSSR count). The van der Waals surface area contributed by atoms with Crippen molar-refractivity contribution in [3.05, 3.63) is 23.8 Å².